The van der Waals surface area contributed by atoms with Crippen LogP contribution in [0.15, 0.2) is 60.7 Å². The number of halogens is 2. The van der Waals surface area contributed by atoms with Crippen LogP contribution < -0.4 is 35.4 Å². The zero-order valence-corrected chi connectivity index (χ0v) is 14.8. The van der Waals surface area contributed by atoms with E-state index in [0.717, 1.165) is 17.2 Å². The minimum absolute atomic E-state index is 0. The summed E-state index contributed by atoms with van der Waals surface area (Å²) >= 11 is 0. The van der Waals surface area contributed by atoms with Crippen molar-refractivity contribution in [2.75, 3.05) is 12.3 Å². The third kappa shape index (κ3) is 9.02. The van der Waals surface area contributed by atoms with E-state index in [9.17, 15) is 0 Å². The zero-order chi connectivity index (χ0) is 11.1. The van der Waals surface area contributed by atoms with Gasteiger partial charge in [-0.15, -0.1) is 0 Å². The van der Waals surface area contributed by atoms with Crippen LogP contribution in [-0.4, -0.2) is 12.3 Å². The maximum atomic E-state index is 2.23. The number of hydrogen-bond acceptors (Lipinski definition) is 0. The van der Waals surface area contributed by atoms with Gasteiger partial charge in [0, 0.05) is 0 Å². The van der Waals surface area contributed by atoms with E-state index < -0.39 is 0 Å². The van der Waals surface area contributed by atoms with Crippen LogP contribution in [0.25, 0.3) is 0 Å². The largest absolute Gasteiger partial charge is 2.00 e. The Morgan fingerprint density at radius 1 is 0.579 bits per heavy atom. The molecule has 0 radical (unpaired) electrons. The smallest absolute Gasteiger partial charge is 1.00 e. The van der Waals surface area contributed by atoms with Gasteiger partial charge in [-0.1, -0.05) is 77.8 Å². The molecule has 0 nitrogen and oxygen atoms in total. The molecule has 0 aliphatic heterocycles. The molecule has 2 unspecified atom stereocenters. The first kappa shape index (κ1) is 21.7. The molecule has 2 aromatic carbocycles. The molecule has 0 saturated carbocycles. The van der Waals surface area contributed by atoms with Gasteiger partial charge < -0.3 is 24.8 Å². The Morgan fingerprint density at radius 3 is 1.21 bits per heavy atom. The minimum atomic E-state index is 0. The van der Waals surface area contributed by atoms with E-state index in [-0.39, 0.29) is 41.3 Å². The molecule has 2 aromatic rings. The summed E-state index contributed by atoms with van der Waals surface area (Å²) in [7, 11) is 1.93. The van der Waals surface area contributed by atoms with Gasteiger partial charge in [-0.25, -0.2) is 0 Å². The van der Waals surface area contributed by atoms with E-state index in [1.165, 1.54) is 22.9 Å². The molecule has 0 spiro atoms. The fraction of sp³-hybridized carbons (Fsp3) is 0.143. The average molecular weight is 376 g/mol. The van der Waals surface area contributed by atoms with Crippen LogP contribution in [-0.2, 0) is 16.5 Å². The van der Waals surface area contributed by atoms with Crippen LogP contribution in [0.2, 0.25) is 0 Å². The Morgan fingerprint density at radius 2 is 0.895 bits per heavy atom. The Labute approximate surface area is 141 Å². The van der Waals surface area contributed by atoms with Crippen molar-refractivity contribution in [3.63, 3.8) is 0 Å². The van der Waals surface area contributed by atoms with Gasteiger partial charge >= 0.3 is 16.5 Å². The summed E-state index contributed by atoms with van der Waals surface area (Å²) in [5.41, 5.74) is 0. The van der Waals surface area contributed by atoms with Crippen LogP contribution >= 0.6 is 17.2 Å². The van der Waals surface area contributed by atoms with Crippen molar-refractivity contribution in [2.45, 2.75) is 0 Å². The Bertz CT molecular complexity index is 371. The predicted octanol–water partition coefficient (Wildman–Crippen LogP) is -3.00. The van der Waals surface area contributed by atoms with Crippen LogP contribution in [0.5, 0.6) is 0 Å². The molecule has 19 heavy (non-hydrogen) atoms. The zero-order valence-electron chi connectivity index (χ0n) is 10.3. The van der Waals surface area contributed by atoms with Gasteiger partial charge in [-0.2, -0.15) is 0 Å². The molecule has 0 aliphatic rings. The molecule has 0 fully saturated rings. The second-order valence-electron chi connectivity index (χ2n) is 3.59. The summed E-state index contributed by atoms with van der Waals surface area (Å²) in [5.74, 6) is 0. The van der Waals surface area contributed by atoms with Crippen molar-refractivity contribution in [2.24, 2.45) is 0 Å². The van der Waals surface area contributed by atoms with Gasteiger partial charge in [-0.05, 0) is 22.9 Å². The van der Waals surface area contributed by atoms with Crippen molar-refractivity contribution in [3.8, 4) is 0 Å². The predicted molar refractivity (Wildman–Crippen MR) is 78.5 cm³/mol. The molecule has 0 aliphatic carbocycles. The van der Waals surface area contributed by atoms with E-state index >= 15 is 0 Å². The van der Waals surface area contributed by atoms with E-state index in [1.807, 2.05) is 0 Å². The Balaban J connectivity index is 0. The maximum Gasteiger partial charge on any atom is 2.00 e. The third-order valence-electron chi connectivity index (χ3n) is 2.33. The second kappa shape index (κ2) is 13.4. The SMILES string of the molecule is [Cl-].[Cl-].[Ni+2].c1ccc(PCCPc2ccccc2)cc1. The fourth-order valence-corrected chi connectivity index (χ4v) is 3.96. The van der Waals surface area contributed by atoms with Gasteiger partial charge in [0.2, 0.25) is 0 Å². The monoisotopic (exact) mass is 374 g/mol. The number of hydrogen-bond donors (Lipinski definition) is 0. The fourth-order valence-electron chi connectivity index (χ4n) is 1.53. The first-order valence-corrected chi connectivity index (χ1v) is 7.94. The average Bonchev–Trinajstić information content (AvgIpc) is 2.37. The number of benzene rings is 2. The molecule has 0 aromatic heterocycles. The van der Waals surface area contributed by atoms with Gasteiger partial charge in [0.25, 0.3) is 0 Å². The van der Waals surface area contributed by atoms with Gasteiger partial charge in [0.05, 0.1) is 0 Å². The van der Waals surface area contributed by atoms with Crippen molar-refractivity contribution >= 4 is 27.8 Å². The van der Waals surface area contributed by atoms with Crippen molar-refractivity contribution in [1.29, 1.82) is 0 Å². The molecular weight excluding hydrogens is 360 g/mol. The molecule has 2 rings (SSSR count). The first-order valence-electron chi connectivity index (χ1n) is 5.53. The number of rotatable bonds is 5. The summed E-state index contributed by atoms with van der Waals surface area (Å²) in [4.78, 5) is 0. The maximum absolute atomic E-state index is 2.23. The topological polar surface area (TPSA) is 0 Å². The summed E-state index contributed by atoms with van der Waals surface area (Å²) in [6.07, 6.45) is 2.63. The summed E-state index contributed by atoms with van der Waals surface area (Å²) in [6, 6.07) is 21.6. The molecule has 0 amide bonds. The van der Waals surface area contributed by atoms with Gasteiger partial charge in [-0.3, -0.25) is 0 Å². The quantitative estimate of drug-likeness (QED) is 0.297. The molecule has 2 atom stereocenters. The normalized spacial score (nSPS) is 9.89. The summed E-state index contributed by atoms with van der Waals surface area (Å²) in [5, 5.41) is 2.97. The molecule has 0 heterocycles. The standard InChI is InChI=1S/C14H16P2.2ClH.Ni/c1-3-7-13(8-4-1)15-11-12-16-14-9-5-2-6-10-14;;;/h1-10,15-16H,11-12H2;2*1H;/q;;;+2/p-2. The minimum Gasteiger partial charge on any atom is -1.00 e. The Kier molecular flexibility index (Phi) is 15.2. The molecular formula is C14H16Cl2NiP2. The van der Waals surface area contributed by atoms with E-state index in [0.29, 0.717) is 0 Å². The molecule has 5 heteroatoms. The van der Waals surface area contributed by atoms with E-state index in [4.69, 9.17) is 0 Å². The van der Waals surface area contributed by atoms with Crippen LogP contribution in [0.3, 0.4) is 0 Å². The Hall–Kier alpha value is 0.374. The van der Waals surface area contributed by atoms with Crippen LogP contribution in [0.4, 0.5) is 0 Å². The third-order valence-corrected chi connectivity index (χ3v) is 5.31. The van der Waals surface area contributed by atoms with Crippen molar-refractivity contribution in [1.82, 2.24) is 0 Å². The summed E-state index contributed by atoms with van der Waals surface area (Å²) < 4.78 is 0. The molecule has 106 valence electrons. The van der Waals surface area contributed by atoms with Gasteiger partial charge in [0.15, 0.2) is 0 Å². The van der Waals surface area contributed by atoms with Crippen molar-refractivity contribution in [3.05, 3.63) is 60.7 Å². The molecule has 0 bridgehead atoms. The molecule has 0 saturated heterocycles. The molecule has 0 N–H and O–H groups in total. The second-order valence-corrected chi connectivity index (χ2v) is 6.45. The van der Waals surface area contributed by atoms with Crippen LogP contribution in [0, 0.1) is 0 Å². The van der Waals surface area contributed by atoms with Gasteiger partial charge in [0.1, 0.15) is 0 Å². The van der Waals surface area contributed by atoms with Crippen LogP contribution in [0.1, 0.15) is 0 Å². The van der Waals surface area contributed by atoms with E-state index in [1.54, 1.807) is 0 Å². The van der Waals surface area contributed by atoms with Crippen molar-refractivity contribution < 1.29 is 41.3 Å². The summed E-state index contributed by atoms with van der Waals surface area (Å²) in [6.45, 7) is 0. The van der Waals surface area contributed by atoms with E-state index in [2.05, 4.69) is 60.7 Å². The first-order chi connectivity index (χ1) is 7.95.